The van der Waals surface area contributed by atoms with Crippen LogP contribution in [-0.4, -0.2) is 36.8 Å². The molecule has 1 N–H and O–H groups in total. The molecule has 3 rings (SSSR count). The molecule has 1 fully saturated rings. The third-order valence-electron chi connectivity index (χ3n) is 3.91. The summed E-state index contributed by atoms with van der Waals surface area (Å²) < 4.78 is 6.92. The zero-order chi connectivity index (χ0) is 17.3. The first-order valence-electron chi connectivity index (χ1n) is 7.41. The van der Waals surface area contributed by atoms with Gasteiger partial charge in [-0.25, -0.2) is 0 Å². The van der Waals surface area contributed by atoms with Gasteiger partial charge in [0, 0.05) is 25.2 Å². The first-order chi connectivity index (χ1) is 11.5. The summed E-state index contributed by atoms with van der Waals surface area (Å²) in [7, 11) is 1.68. The Morgan fingerprint density at radius 3 is 2.50 bits per heavy atom. The Morgan fingerprint density at radius 1 is 1.17 bits per heavy atom. The van der Waals surface area contributed by atoms with E-state index in [1.54, 1.807) is 19.2 Å². The summed E-state index contributed by atoms with van der Waals surface area (Å²) in [6.45, 7) is 2.82. The molecule has 0 spiro atoms. The summed E-state index contributed by atoms with van der Waals surface area (Å²) in [5.41, 5.74) is 1.92. The minimum absolute atomic E-state index is 0.303. The molecule has 8 heteroatoms. The van der Waals surface area contributed by atoms with Crippen molar-refractivity contribution in [1.82, 2.24) is 4.57 Å². The van der Waals surface area contributed by atoms with Crippen molar-refractivity contribution in [3.05, 3.63) is 45.2 Å². The standard InChI is InChI=1S/C16H16Cl3N3O2/c1-21-14(9-11(18)15(21)19)16(23)20-12-8-10(17)2-3-13(12)22-4-6-24-7-5-22/h2-3,8-9H,4-7H2,1H3,(H,20,23). The number of ether oxygens (including phenoxy) is 1. The Hall–Kier alpha value is -1.40. The lowest BCUT2D eigenvalue weighted by atomic mass is 10.2. The number of carbonyl (C=O) groups is 1. The molecule has 0 atom stereocenters. The van der Waals surface area contributed by atoms with E-state index in [2.05, 4.69) is 10.2 Å². The molecule has 2 aromatic rings. The van der Waals surface area contributed by atoms with Crippen molar-refractivity contribution in [1.29, 1.82) is 0 Å². The molecule has 0 unspecified atom stereocenters. The molecule has 24 heavy (non-hydrogen) atoms. The molecular weight excluding hydrogens is 373 g/mol. The molecule has 0 bridgehead atoms. The van der Waals surface area contributed by atoms with Crippen LogP contribution < -0.4 is 10.2 Å². The lowest BCUT2D eigenvalue weighted by Gasteiger charge is -2.30. The number of amides is 1. The summed E-state index contributed by atoms with van der Waals surface area (Å²) in [6, 6.07) is 6.97. The lowest BCUT2D eigenvalue weighted by molar-refractivity contribution is 0.101. The topological polar surface area (TPSA) is 46.5 Å². The number of hydrogen-bond acceptors (Lipinski definition) is 3. The van der Waals surface area contributed by atoms with Crippen LogP contribution in [0.15, 0.2) is 24.3 Å². The second-order valence-corrected chi connectivity index (χ2v) is 6.64. The summed E-state index contributed by atoms with van der Waals surface area (Å²) in [5, 5.41) is 4.11. The maximum atomic E-state index is 12.6. The number of nitrogens with one attached hydrogen (secondary N) is 1. The van der Waals surface area contributed by atoms with Crippen LogP contribution in [0.25, 0.3) is 0 Å². The summed E-state index contributed by atoms with van der Waals surface area (Å²) in [5.74, 6) is -0.303. The van der Waals surface area contributed by atoms with Gasteiger partial charge in [0.2, 0.25) is 0 Å². The molecule has 2 heterocycles. The fraction of sp³-hybridized carbons (Fsp3) is 0.312. The number of halogens is 3. The molecule has 0 saturated carbocycles. The molecule has 0 aliphatic carbocycles. The van der Waals surface area contributed by atoms with E-state index < -0.39 is 0 Å². The zero-order valence-corrected chi connectivity index (χ0v) is 15.3. The van der Waals surface area contributed by atoms with Crippen molar-refractivity contribution in [2.24, 2.45) is 7.05 Å². The molecule has 1 saturated heterocycles. The molecule has 1 aromatic carbocycles. The van der Waals surface area contributed by atoms with Crippen LogP contribution in [0, 0.1) is 0 Å². The number of benzene rings is 1. The maximum absolute atomic E-state index is 12.6. The monoisotopic (exact) mass is 387 g/mol. The van der Waals surface area contributed by atoms with Gasteiger partial charge in [-0.1, -0.05) is 34.8 Å². The largest absolute Gasteiger partial charge is 0.378 e. The Morgan fingerprint density at radius 2 is 1.88 bits per heavy atom. The van der Waals surface area contributed by atoms with Gasteiger partial charge in [0.15, 0.2) is 0 Å². The zero-order valence-electron chi connectivity index (χ0n) is 13.0. The molecule has 0 radical (unpaired) electrons. The number of nitrogens with zero attached hydrogens (tertiary/aromatic N) is 2. The van der Waals surface area contributed by atoms with Crippen LogP contribution in [0.2, 0.25) is 15.2 Å². The van der Waals surface area contributed by atoms with Crippen molar-refractivity contribution in [2.45, 2.75) is 0 Å². The van der Waals surface area contributed by atoms with E-state index in [1.807, 2.05) is 6.07 Å². The van der Waals surface area contributed by atoms with Crippen molar-refractivity contribution in [3.8, 4) is 0 Å². The molecule has 1 aromatic heterocycles. The lowest BCUT2D eigenvalue weighted by Crippen LogP contribution is -2.36. The van der Waals surface area contributed by atoms with E-state index in [0.29, 0.717) is 39.8 Å². The van der Waals surface area contributed by atoms with E-state index in [9.17, 15) is 4.79 Å². The molecule has 1 amide bonds. The van der Waals surface area contributed by atoms with Gasteiger partial charge in [0.1, 0.15) is 10.8 Å². The number of anilines is 2. The van der Waals surface area contributed by atoms with E-state index in [-0.39, 0.29) is 5.91 Å². The van der Waals surface area contributed by atoms with Crippen LogP contribution in [0.1, 0.15) is 10.5 Å². The number of morpholine rings is 1. The van der Waals surface area contributed by atoms with Gasteiger partial charge in [0.05, 0.1) is 29.6 Å². The van der Waals surface area contributed by atoms with Crippen LogP contribution in [0.4, 0.5) is 11.4 Å². The normalized spacial score (nSPS) is 14.8. The number of rotatable bonds is 3. The average Bonchev–Trinajstić information content (AvgIpc) is 2.83. The first kappa shape index (κ1) is 17.4. The van der Waals surface area contributed by atoms with Crippen molar-refractivity contribution < 1.29 is 9.53 Å². The minimum atomic E-state index is -0.303. The fourth-order valence-corrected chi connectivity index (χ4v) is 3.18. The van der Waals surface area contributed by atoms with Gasteiger partial charge in [-0.05, 0) is 24.3 Å². The minimum Gasteiger partial charge on any atom is -0.378 e. The van der Waals surface area contributed by atoms with Crippen molar-refractivity contribution in [2.75, 3.05) is 36.5 Å². The highest BCUT2D eigenvalue weighted by Gasteiger charge is 2.20. The van der Waals surface area contributed by atoms with Gasteiger partial charge in [-0.2, -0.15) is 0 Å². The number of hydrogen-bond donors (Lipinski definition) is 1. The van der Waals surface area contributed by atoms with E-state index >= 15 is 0 Å². The van der Waals surface area contributed by atoms with Gasteiger partial charge in [0.25, 0.3) is 5.91 Å². The summed E-state index contributed by atoms with van der Waals surface area (Å²) in [4.78, 5) is 14.8. The molecule has 128 valence electrons. The third kappa shape index (κ3) is 3.49. The predicted octanol–water partition coefficient (Wildman–Crippen LogP) is 4.07. The number of aromatic nitrogens is 1. The smallest absolute Gasteiger partial charge is 0.272 e. The van der Waals surface area contributed by atoms with E-state index in [1.165, 1.54) is 10.6 Å². The second kappa shape index (κ2) is 7.23. The van der Waals surface area contributed by atoms with E-state index in [0.717, 1.165) is 18.8 Å². The highest BCUT2D eigenvalue weighted by atomic mass is 35.5. The Labute approximate surface area is 155 Å². The molecule has 5 nitrogen and oxygen atoms in total. The highest BCUT2D eigenvalue weighted by molar-refractivity contribution is 6.42. The molecular formula is C16H16Cl3N3O2. The molecule has 1 aliphatic rings. The van der Waals surface area contributed by atoms with Crippen LogP contribution in [0.5, 0.6) is 0 Å². The Bertz CT molecular complexity index is 770. The summed E-state index contributed by atoms with van der Waals surface area (Å²) >= 11 is 18.1. The number of carbonyl (C=O) groups excluding carboxylic acids is 1. The Balaban J connectivity index is 1.89. The predicted molar refractivity (Wildman–Crippen MR) is 97.9 cm³/mol. The SMILES string of the molecule is Cn1c(C(=O)Nc2cc(Cl)ccc2N2CCOCC2)cc(Cl)c1Cl. The fourth-order valence-electron chi connectivity index (χ4n) is 2.63. The maximum Gasteiger partial charge on any atom is 0.272 e. The van der Waals surface area contributed by atoms with Crippen molar-refractivity contribution >= 4 is 52.1 Å². The van der Waals surface area contributed by atoms with Crippen molar-refractivity contribution in [3.63, 3.8) is 0 Å². The Kier molecular flexibility index (Phi) is 5.25. The van der Waals surface area contributed by atoms with Gasteiger partial charge < -0.3 is 19.5 Å². The first-order valence-corrected chi connectivity index (χ1v) is 8.55. The highest BCUT2D eigenvalue weighted by Crippen LogP contribution is 2.31. The average molecular weight is 389 g/mol. The van der Waals surface area contributed by atoms with Gasteiger partial charge in [-0.3, -0.25) is 4.79 Å². The van der Waals surface area contributed by atoms with Crippen LogP contribution in [0.3, 0.4) is 0 Å². The van der Waals surface area contributed by atoms with Gasteiger partial charge in [-0.15, -0.1) is 0 Å². The molecule has 1 aliphatic heterocycles. The van der Waals surface area contributed by atoms with E-state index in [4.69, 9.17) is 39.5 Å². The second-order valence-electron chi connectivity index (χ2n) is 5.44. The third-order valence-corrected chi connectivity index (χ3v) is 4.98. The van der Waals surface area contributed by atoms with Crippen LogP contribution >= 0.6 is 34.8 Å². The quantitative estimate of drug-likeness (QED) is 0.862. The van der Waals surface area contributed by atoms with Gasteiger partial charge >= 0.3 is 0 Å². The van der Waals surface area contributed by atoms with Crippen LogP contribution in [-0.2, 0) is 11.8 Å². The summed E-state index contributed by atoms with van der Waals surface area (Å²) in [6.07, 6.45) is 0.